The quantitative estimate of drug-likeness (QED) is 0.213. The van der Waals surface area contributed by atoms with E-state index in [-0.39, 0.29) is 42.2 Å². The number of hydrogen-bond donors (Lipinski definition) is 2. The number of cyclic esters (lactones) is 1. The van der Waals surface area contributed by atoms with E-state index in [0.717, 1.165) is 0 Å². The van der Waals surface area contributed by atoms with Crippen LogP contribution in [0.25, 0.3) is 10.9 Å². The SMILES string of the molecule is COCCOc1cc2ncnc(Nc3ccc(F)c(Cl)c3)c2cc1NC(=O)C=CCN1CC(=O)OCC1(C)C. The van der Waals surface area contributed by atoms with Gasteiger partial charge in [-0.25, -0.2) is 14.4 Å². The Morgan fingerprint density at radius 1 is 1.26 bits per heavy atom. The fraction of sp³-hybridized carbons (Fsp3) is 0.333. The van der Waals surface area contributed by atoms with Gasteiger partial charge in [-0.1, -0.05) is 17.7 Å². The predicted molar refractivity (Wildman–Crippen MR) is 146 cm³/mol. The normalized spacial score (nSPS) is 15.4. The smallest absolute Gasteiger partial charge is 0.320 e. The summed E-state index contributed by atoms with van der Waals surface area (Å²) in [5.74, 6) is -0.391. The summed E-state index contributed by atoms with van der Waals surface area (Å²) in [7, 11) is 1.56. The van der Waals surface area contributed by atoms with Crippen molar-refractivity contribution in [1.82, 2.24) is 14.9 Å². The molecular weight excluding hydrogens is 529 g/mol. The number of carbonyl (C=O) groups excluding carboxylic acids is 2. The molecule has 3 aromatic rings. The van der Waals surface area contributed by atoms with Gasteiger partial charge in [-0.2, -0.15) is 0 Å². The average Bonchev–Trinajstić information content (AvgIpc) is 2.89. The summed E-state index contributed by atoms with van der Waals surface area (Å²) < 4.78 is 29.7. The molecule has 0 saturated carbocycles. The van der Waals surface area contributed by atoms with Gasteiger partial charge in [0, 0.05) is 36.9 Å². The first-order chi connectivity index (χ1) is 18.7. The van der Waals surface area contributed by atoms with Crippen molar-refractivity contribution in [3.8, 4) is 5.75 Å². The molecule has 1 aliphatic rings. The van der Waals surface area contributed by atoms with Crippen molar-refractivity contribution in [2.24, 2.45) is 0 Å². The van der Waals surface area contributed by atoms with Crippen LogP contribution >= 0.6 is 11.6 Å². The number of rotatable bonds is 10. The lowest BCUT2D eigenvalue weighted by atomic mass is 10.0. The fourth-order valence-corrected chi connectivity index (χ4v) is 4.06. The number of carbonyl (C=O) groups is 2. The van der Waals surface area contributed by atoms with Crippen LogP contribution in [0.5, 0.6) is 5.75 Å². The molecule has 2 heterocycles. The van der Waals surface area contributed by atoms with Crippen molar-refractivity contribution in [2.45, 2.75) is 19.4 Å². The molecule has 0 spiro atoms. The zero-order chi connectivity index (χ0) is 28.0. The Bertz CT molecular complexity index is 1400. The third-order valence-electron chi connectivity index (χ3n) is 6.08. The molecule has 1 saturated heterocycles. The van der Waals surface area contributed by atoms with Crippen LogP contribution in [-0.2, 0) is 19.1 Å². The van der Waals surface area contributed by atoms with Gasteiger partial charge >= 0.3 is 5.97 Å². The maximum atomic E-state index is 13.6. The highest BCUT2D eigenvalue weighted by atomic mass is 35.5. The first-order valence-electron chi connectivity index (χ1n) is 12.2. The number of ether oxygens (including phenoxy) is 3. The summed E-state index contributed by atoms with van der Waals surface area (Å²) in [4.78, 5) is 35.1. The van der Waals surface area contributed by atoms with Gasteiger partial charge in [0.2, 0.25) is 5.91 Å². The molecule has 206 valence electrons. The van der Waals surface area contributed by atoms with Crippen molar-refractivity contribution in [3.05, 3.63) is 59.7 Å². The van der Waals surface area contributed by atoms with Crippen LogP contribution in [0.2, 0.25) is 5.02 Å². The average molecular weight is 558 g/mol. The zero-order valence-electron chi connectivity index (χ0n) is 21.8. The second kappa shape index (κ2) is 12.4. The number of fused-ring (bicyclic) bond motifs is 1. The summed E-state index contributed by atoms with van der Waals surface area (Å²) in [5, 5.41) is 6.52. The second-order valence-corrected chi connectivity index (χ2v) is 9.84. The maximum absolute atomic E-state index is 13.6. The Morgan fingerprint density at radius 3 is 2.85 bits per heavy atom. The van der Waals surface area contributed by atoms with E-state index in [4.69, 9.17) is 25.8 Å². The van der Waals surface area contributed by atoms with E-state index in [9.17, 15) is 14.0 Å². The monoisotopic (exact) mass is 557 g/mol. The number of nitrogens with zero attached hydrogens (tertiary/aromatic N) is 3. The molecule has 1 aromatic heterocycles. The summed E-state index contributed by atoms with van der Waals surface area (Å²) in [6.45, 7) is 5.38. The minimum Gasteiger partial charge on any atom is -0.489 e. The first-order valence-corrected chi connectivity index (χ1v) is 12.5. The summed E-state index contributed by atoms with van der Waals surface area (Å²) in [6.07, 6.45) is 4.48. The zero-order valence-corrected chi connectivity index (χ0v) is 22.5. The highest BCUT2D eigenvalue weighted by Gasteiger charge is 2.33. The Morgan fingerprint density at radius 2 is 2.08 bits per heavy atom. The number of esters is 1. The number of nitrogens with one attached hydrogen (secondary N) is 2. The number of aromatic nitrogens is 2. The Balaban J connectivity index is 1.57. The molecule has 39 heavy (non-hydrogen) atoms. The third kappa shape index (κ3) is 7.20. The topological polar surface area (TPSA) is 115 Å². The second-order valence-electron chi connectivity index (χ2n) is 9.43. The molecule has 1 amide bonds. The van der Waals surface area contributed by atoms with Crippen LogP contribution in [0.3, 0.4) is 0 Å². The number of benzene rings is 2. The standard InChI is InChI=1S/C27H29ClFN5O5/c1-27(2)15-39-25(36)14-34(27)8-4-5-24(35)33-22-12-18-21(13-23(22)38-10-9-37-3)30-16-31-26(18)32-17-6-7-20(29)19(28)11-17/h4-7,11-13,16H,8-10,14-15H2,1-3H3,(H,33,35)(H,30,31,32). The Labute approximate surface area is 230 Å². The molecule has 0 radical (unpaired) electrons. The number of amides is 1. The number of morpholine rings is 1. The number of halogens is 2. The van der Waals surface area contributed by atoms with Gasteiger partial charge in [0.15, 0.2) is 0 Å². The van der Waals surface area contributed by atoms with Gasteiger partial charge in [-0.05, 0) is 38.1 Å². The fourth-order valence-electron chi connectivity index (χ4n) is 3.88. The largest absolute Gasteiger partial charge is 0.489 e. The number of hydrogen-bond acceptors (Lipinski definition) is 9. The predicted octanol–water partition coefficient (Wildman–Crippen LogP) is 4.32. The van der Waals surface area contributed by atoms with Crippen molar-refractivity contribution < 1.29 is 28.2 Å². The minimum absolute atomic E-state index is 0.0308. The van der Waals surface area contributed by atoms with E-state index >= 15 is 0 Å². The van der Waals surface area contributed by atoms with Crippen LogP contribution in [0.1, 0.15) is 13.8 Å². The van der Waals surface area contributed by atoms with E-state index in [1.54, 1.807) is 25.3 Å². The lowest BCUT2D eigenvalue weighted by Crippen LogP contribution is -2.54. The molecule has 1 fully saturated rings. The van der Waals surface area contributed by atoms with E-state index in [0.29, 0.717) is 47.0 Å². The van der Waals surface area contributed by atoms with Crippen LogP contribution in [0.15, 0.2) is 48.8 Å². The van der Waals surface area contributed by atoms with E-state index in [1.807, 2.05) is 18.7 Å². The van der Waals surface area contributed by atoms with Gasteiger partial charge in [0.25, 0.3) is 0 Å². The van der Waals surface area contributed by atoms with Crippen molar-refractivity contribution >= 4 is 51.6 Å². The van der Waals surface area contributed by atoms with Crippen LogP contribution in [0.4, 0.5) is 21.6 Å². The van der Waals surface area contributed by atoms with E-state index in [1.165, 1.54) is 30.6 Å². The van der Waals surface area contributed by atoms with Crippen molar-refractivity contribution in [2.75, 3.05) is 50.7 Å². The summed E-state index contributed by atoms with van der Waals surface area (Å²) in [5.41, 5.74) is 1.14. The molecule has 0 aliphatic carbocycles. The van der Waals surface area contributed by atoms with Gasteiger partial charge in [0.05, 0.1) is 34.9 Å². The molecule has 2 aromatic carbocycles. The lowest BCUT2D eigenvalue weighted by molar-refractivity contribution is -0.159. The molecule has 0 atom stereocenters. The molecule has 1 aliphatic heterocycles. The number of methoxy groups -OCH3 is 1. The van der Waals surface area contributed by atoms with Crippen molar-refractivity contribution in [1.29, 1.82) is 0 Å². The molecule has 2 N–H and O–H groups in total. The molecule has 10 nitrogen and oxygen atoms in total. The Hall–Kier alpha value is -3.80. The van der Waals surface area contributed by atoms with Gasteiger partial charge in [-0.3, -0.25) is 14.5 Å². The van der Waals surface area contributed by atoms with Crippen molar-refractivity contribution in [3.63, 3.8) is 0 Å². The van der Waals surface area contributed by atoms with Gasteiger partial charge < -0.3 is 24.8 Å². The molecule has 12 heteroatoms. The van der Waals surface area contributed by atoms with Crippen LogP contribution < -0.4 is 15.4 Å². The summed E-state index contributed by atoms with van der Waals surface area (Å²) >= 11 is 5.92. The number of anilines is 3. The molecule has 4 rings (SSSR count). The highest BCUT2D eigenvalue weighted by Crippen LogP contribution is 2.34. The lowest BCUT2D eigenvalue weighted by Gasteiger charge is -2.40. The van der Waals surface area contributed by atoms with Gasteiger partial charge in [-0.15, -0.1) is 0 Å². The van der Waals surface area contributed by atoms with Crippen LogP contribution in [0, 0.1) is 5.82 Å². The van der Waals surface area contributed by atoms with E-state index in [2.05, 4.69) is 20.6 Å². The Kier molecular flexibility index (Phi) is 8.95. The molecule has 0 bridgehead atoms. The maximum Gasteiger partial charge on any atom is 0.320 e. The van der Waals surface area contributed by atoms with Gasteiger partial charge in [0.1, 0.15) is 36.9 Å². The first kappa shape index (κ1) is 28.2. The van der Waals surface area contributed by atoms with Crippen LogP contribution in [-0.4, -0.2) is 72.3 Å². The highest BCUT2D eigenvalue weighted by molar-refractivity contribution is 6.31. The molecule has 0 unspecified atom stereocenters. The minimum atomic E-state index is -0.533. The van der Waals surface area contributed by atoms with E-state index < -0.39 is 5.82 Å². The third-order valence-corrected chi connectivity index (χ3v) is 6.37. The molecular formula is C27H29ClFN5O5. The summed E-state index contributed by atoms with van der Waals surface area (Å²) in [6, 6.07) is 7.62.